The van der Waals surface area contributed by atoms with Gasteiger partial charge < -0.3 is 9.47 Å². The molecule has 1 aromatic carbocycles. The second-order valence-corrected chi connectivity index (χ2v) is 5.48. The van der Waals surface area contributed by atoms with E-state index in [4.69, 9.17) is 9.47 Å². The number of ether oxygens (including phenoxy) is 2. The van der Waals surface area contributed by atoms with Gasteiger partial charge in [-0.15, -0.1) is 0 Å². The molecule has 6 heteroatoms. The lowest BCUT2D eigenvalue weighted by atomic mass is 10.2. The van der Waals surface area contributed by atoms with E-state index in [1.807, 2.05) is 0 Å². The van der Waals surface area contributed by atoms with Gasteiger partial charge in [-0.25, -0.2) is 9.59 Å². The highest BCUT2D eigenvalue weighted by atomic mass is 16.6. The van der Waals surface area contributed by atoms with Crippen molar-refractivity contribution < 1.29 is 23.9 Å². The molecule has 0 heterocycles. The van der Waals surface area contributed by atoms with Crippen molar-refractivity contribution in [2.24, 2.45) is 0 Å². The molecule has 1 amide bonds. The number of amides is 1. The fraction of sp³-hybridized carbons (Fsp3) is 0.400. The summed E-state index contributed by atoms with van der Waals surface area (Å²) in [6.45, 7) is 6.37. The third kappa shape index (κ3) is 6.56. The van der Waals surface area contributed by atoms with Gasteiger partial charge in [-0.1, -0.05) is 0 Å². The monoisotopic (exact) mass is 293 g/mol. The van der Waals surface area contributed by atoms with E-state index in [-0.39, 0.29) is 12.4 Å². The number of anilines is 1. The highest BCUT2D eigenvalue weighted by Gasteiger charge is 2.16. The van der Waals surface area contributed by atoms with E-state index in [1.54, 1.807) is 32.9 Å². The number of Topliss-reactive ketones (excluding diaryl/α,β-unsaturated/α-hetero) is 1. The topological polar surface area (TPSA) is 81.7 Å². The smallest absolute Gasteiger partial charge is 0.412 e. The summed E-state index contributed by atoms with van der Waals surface area (Å²) in [6.07, 6.45) is -0.575. The van der Waals surface area contributed by atoms with Crippen LogP contribution in [0.4, 0.5) is 10.5 Å². The van der Waals surface area contributed by atoms with Gasteiger partial charge in [-0.2, -0.15) is 0 Å². The molecule has 1 aromatic rings. The predicted octanol–water partition coefficient (Wildman–Crippen LogP) is 2.78. The third-order valence-corrected chi connectivity index (χ3v) is 2.17. The van der Waals surface area contributed by atoms with E-state index in [0.717, 1.165) is 0 Å². The summed E-state index contributed by atoms with van der Waals surface area (Å²) in [5.74, 6) is -0.819. The Morgan fingerprint density at radius 3 is 2.14 bits per heavy atom. The molecule has 0 spiro atoms. The van der Waals surface area contributed by atoms with Gasteiger partial charge in [0.15, 0.2) is 5.78 Å². The van der Waals surface area contributed by atoms with Crippen molar-refractivity contribution >= 4 is 23.5 Å². The van der Waals surface area contributed by atoms with Crippen molar-refractivity contribution in [1.82, 2.24) is 0 Å². The summed E-state index contributed by atoms with van der Waals surface area (Å²) >= 11 is 0. The summed E-state index contributed by atoms with van der Waals surface area (Å²) < 4.78 is 9.88. The number of nitrogens with one attached hydrogen (secondary N) is 1. The molecule has 0 aliphatic rings. The molecule has 21 heavy (non-hydrogen) atoms. The molecule has 0 saturated carbocycles. The second kappa shape index (κ2) is 6.88. The van der Waals surface area contributed by atoms with Crippen LogP contribution in [-0.2, 0) is 14.3 Å². The first-order valence-corrected chi connectivity index (χ1v) is 6.44. The zero-order chi connectivity index (χ0) is 16.0. The average Bonchev–Trinajstić information content (AvgIpc) is 2.34. The first kappa shape index (κ1) is 16.7. The molecule has 1 N–H and O–H groups in total. The lowest BCUT2D eigenvalue weighted by Gasteiger charge is -2.19. The normalized spacial score (nSPS) is 10.7. The van der Waals surface area contributed by atoms with Crippen LogP contribution in [0.15, 0.2) is 24.3 Å². The molecule has 0 unspecified atom stereocenters. The molecule has 114 valence electrons. The van der Waals surface area contributed by atoms with Crippen LogP contribution in [0.3, 0.4) is 0 Å². The number of ketones is 1. The maximum Gasteiger partial charge on any atom is 0.412 e. The van der Waals surface area contributed by atoms with Gasteiger partial charge >= 0.3 is 12.1 Å². The molecule has 0 aliphatic carbocycles. The quantitative estimate of drug-likeness (QED) is 0.863. The number of hydrogen-bond acceptors (Lipinski definition) is 5. The highest BCUT2D eigenvalue weighted by Crippen LogP contribution is 2.13. The summed E-state index contributed by atoms with van der Waals surface area (Å²) in [5, 5.41) is 2.55. The Morgan fingerprint density at radius 1 is 1.10 bits per heavy atom. The maximum absolute atomic E-state index is 11.6. The van der Waals surface area contributed by atoms with Crippen LogP contribution in [0.2, 0.25) is 0 Å². The summed E-state index contributed by atoms with van der Waals surface area (Å²) in [5.41, 5.74) is 0.207. The van der Waals surface area contributed by atoms with Crippen LogP contribution in [-0.4, -0.2) is 30.1 Å². The van der Waals surface area contributed by atoms with E-state index < -0.39 is 17.7 Å². The van der Waals surface area contributed by atoms with E-state index in [1.165, 1.54) is 19.1 Å². The number of hydrogen-bond donors (Lipinski definition) is 1. The van der Waals surface area contributed by atoms with Crippen molar-refractivity contribution in [3.8, 4) is 0 Å². The Balaban J connectivity index is 2.60. The zero-order valence-corrected chi connectivity index (χ0v) is 12.6. The Bertz CT molecular complexity index is 528. The van der Waals surface area contributed by atoms with Gasteiger partial charge in [0.2, 0.25) is 0 Å². The van der Waals surface area contributed by atoms with Crippen molar-refractivity contribution in [3.63, 3.8) is 0 Å². The summed E-state index contributed by atoms with van der Waals surface area (Å²) in [6, 6.07) is 6.09. The minimum atomic E-state index is -0.589. The van der Waals surface area contributed by atoms with Crippen LogP contribution < -0.4 is 5.32 Å². The van der Waals surface area contributed by atoms with Crippen LogP contribution >= 0.6 is 0 Å². The molecule has 0 saturated heterocycles. The molecule has 0 atom stereocenters. The minimum Gasteiger partial charge on any atom is -0.454 e. The SMILES string of the molecule is CC(=O)COC(=O)c1ccc(NC(=O)OC(C)(C)C)cc1. The van der Waals surface area contributed by atoms with E-state index in [2.05, 4.69) is 5.32 Å². The fourth-order valence-corrected chi connectivity index (χ4v) is 1.36. The molecular weight excluding hydrogens is 274 g/mol. The van der Waals surface area contributed by atoms with Crippen molar-refractivity contribution in [3.05, 3.63) is 29.8 Å². The molecule has 0 bridgehead atoms. The van der Waals surface area contributed by atoms with Crippen LogP contribution in [0.25, 0.3) is 0 Å². The fourth-order valence-electron chi connectivity index (χ4n) is 1.36. The lowest BCUT2D eigenvalue weighted by Crippen LogP contribution is -2.27. The Hall–Kier alpha value is -2.37. The number of carbonyl (C=O) groups is 3. The van der Waals surface area contributed by atoms with Crippen LogP contribution in [0, 0.1) is 0 Å². The van der Waals surface area contributed by atoms with Gasteiger partial charge in [-0.05, 0) is 52.0 Å². The standard InChI is InChI=1S/C15H19NO5/c1-10(17)9-20-13(18)11-5-7-12(8-6-11)16-14(19)21-15(2,3)4/h5-8H,9H2,1-4H3,(H,16,19). The van der Waals surface area contributed by atoms with Gasteiger partial charge in [-0.3, -0.25) is 10.1 Å². The summed E-state index contributed by atoms with van der Waals surface area (Å²) in [7, 11) is 0. The number of carbonyl (C=O) groups excluding carboxylic acids is 3. The van der Waals surface area contributed by atoms with E-state index >= 15 is 0 Å². The number of benzene rings is 1. The van der Waals surface area contributed by atoms with E-state index in [9.17, 15) is 14.4 Å². The largest absolute Gasteiger partial charge is 0.454 e. The molecular formula is C15H19NO5. The predicted molar refractivity (Wildman–Crippen MR) is 77.3 cm³/mol. The van der Waals surface area contributed by atoms with Crippen molar-refractivity contribution in [2.75, 3.05) is 11.9 Å². The van der Waals surface area contributed by atoms with Gasteiger partial charge in [0.05, 0.1) is 5.56 Å². The molecule has 0 fully saturated rings. The molecule has 0 radical (unpaired) electrons. The number of esters is 1. The first-order valence-electron chi connectivity index (χ1n) is 6.44. The summed E-state index contributed by atoms with van der Waals surface area (Å²) in [4.78, 5) is 33.9. The average molecular weight is 293 g/mol. The Kier molecular flexibility index (Phi) is 5.46. The van der Waals surface area contributed by atoms with Gasteiger partial charge in [0.25, 0.3) is 0 Å². The first-order chi connectivity index (χ1) is 9.67. The van der Waals surface area contributed by atoms with E-state index in [0.29, 0.717) is 11.3 Å². The number of rotatable bonds is 4. The molecule has 0 aromatic heterocycles. The van der Waals surface area contributed by atoms with Crippen molar-refractivity contribution in [1.29, 1.82) is 0 Å². The minimum absolute atomic E-state index is 0.230. The third-order valence-electron chi connectivity index (χ3n) is 2.17. The second-order valence-electron chi connectivity index (χ2n) is 5.48. The maximum atomic E-state index is 11.6. The Morgan fingerprint density at radius 2 is 1.67 bits per heavy atom. The Labute approximate surface area is 123 Å². The van der Waals surface area contributed by atoms with Crippen molar-refractivity contribution in [2.45, 2.75) is 33.3 Å². The lowest BCUT2D eigenvalue weighted by molar-refractivity contribution is -0.120. The van der Waals surface area contributed by atoms with Crippen LogP contribution in [0.1, 0.15) is 38.1 Å². The zero-order valence-electron chi connectivity index (χ0n) is 12.6. The molecule has 0 aliphatic heterocycles. The highest BCUT2D eigenvalue weighted by molar-refractivity contribution is 5.92. The van der Waals surface area contributed by atoms with Gasteiger partial charge in [0.1, 0.15) is 12.2 Å². The van der Waals surface area contributed by atoms with Crippen LogP contribution in [0.5, 0.6) is 0 Å². The molecule has 1 rings (SSSR count). The van der Waals surface area contributed by atoms with Gasteiger partial charge in [0, 0.05) is 5.69 Å². The molecule has 6 nitrogen and oxygen atoms in total.